The summed E-state index contributed by atoms with van der Waals surface area (Å²) in [7, 11) is 0. The minimum Gasteiger partial charge on any atom is -0.383 e. The molecule has 2 aromatic rings. The maximum absolute atomic E-state index is 10.2. The zero-order valence-corrected chi connectivity index (χ0v) is 10.7. The first kappa shape index (κ1) is 10.9. The Kier molecular flexibility index (Phi) is 3.24. The number of benzene rings is 1. The summed E-state index contributed by atoms with van der Waals surface area (Å²) in [6, 6.07) is 9.79. The molecule has 78 valence electrons. The number of aryl methyl sites for hydroxylation is 1. The largest absolute Gasteiger partial charge is 0.383 e. The van der Waals surface area contributed by atoms with Gasteiger partial charge < -0.3 is 5.11 Å². The van der Waals surface area contributed by atoms with Crippen molar-refractivity contribution in [2.24, 2.45) is 0 Å². The van der Waals surface area contributed by atoms with Gasteiger partial charge in [-0.05, 0) is 35.6 Å². The Morgan fingerprint density at radius 3 is 2.60 bits per heavy atom. The van der Waals surface area contributed by atoms with Crippen molar-refractivity contribution in [3.63, 3.8) is 0 Å². The average molecular weight is 283 g/mol. The van der Waals surface area contributed by atoms with Crippen LogP contribution < -0.4 is 0 Å². The lowest BCUT2D eigenvalue weighted by Crippen LogP contribution is -1.99. The van der Waals surface area contributed by atoms with Gasteiger partial charge in [0.1, 0.15) is 6.10 Å². The van der Waals surface area contributed by atoms with Gasteiger partial charge in [-0.2, -0.15) is 0 Å². The summed E-state index contributed by atoms with van der Waals surface area (Å²) in [5.41, 5.74) is 2.06. The van der Waals surface area contributed by atoms with Gasteiger partial charge in [0, 0.05) is 9.35 Å². The molecule has 1 nitrogen and oxygen atoms in total. The predicted molar refractivity (Wildman–Crippen MR) is 67.3 cm³/mol. The van der Waals surface area contributed by atoms with Gasteiger partial charge in [-0.15, -0.1) is 11.3 Å². The molecule has 0 amide bonds. The molecule has 0 bridgehead atoms. The molecule has 1 heterocycles. The van der Waals surface area contributed by atoms with Crippen LogP contribution in [0.1, 0.15) is 22.1 Å². The summed E-state index contributed by atoms with van der Waals surface area (Å²) in [4.78, 5) is 1.02. The van der Waals surface area contributed by atoms with E-state index in [9.17, 15) is 5.11 Å². The average Bonchev–Trinajstić information content (AvgIpc) is 2.64. The molecule has 1 aromatic heterocycles. The minimum atomic E-state index is -0.527. The van der Waals surface area contributed by atoms with E-state index in [1.165, 1.54) is 0 Å². The van der Waals surface area contributed by atoms with E-state index >= 15 is 0 Å². The fourth-order valence-corrected chi connectivity index (χ4v) is 2.93. The number of thiophene rings is 1. The molecule has 0 aliphatic carbocycles. The van der Waals surface area contributed by atoms with Gasteiger partial charge >= 0.3 is 0 Å². The molecule has 2 rings (SSSR count). The highest BCUT2D eigenvalue weighted by atomic mass is 79.9. The summed E-state index contributed by atoms with van der Waals surface area (Å²) in [6.07, 6.45) is -0.527. The number of aliphatic hydroxyl groups is 1. The first-order chi connectivity index (χ1) is 7.20. The topological polar surface area (TPSA) is 20.2 Å². The standard InChI is InChI=1S/C12H11BrOS/c1-8-6-7-15-12(8)11(14)9-4-2-3-5-10(9)13/h2-7,11,14H,1H3. The molecule has 0 saturated heterocycles. The molecule has 0 radical (unpaired) electrons. The number of halogens is 1. The van der Waals surface area contributed by atoms with Crippen LogP contribution in [-0.2, 0) is 0 Å². The fraction of sp³-hybridized carbons (Fsp3) is 0.167. The van der Waals surface area contributed by atoms with Gasteiger partial charge in [0.25, 0.3) is 0 Å². The summed E-state index contributed by atoms with van der Waals surface area (Å²) in [5.74, 6) is 0. The molecule has 1 atom stereocenters. The molecule has 0 spiro atoms. The van der Waals surface area contributed by atoms with Crippen LogP contribution >= 0.6 is 27.3 Å². The number of hydrogen-bond acceptors (Lipinski definition) is 2. The van der Waals surface area contributed by atoms with E-state index in [4.69, 9.17) is 0 Å². The van der Waals surface area contributed by atoms with Crippen molar-refractivity contribution < 1.29 is 5.11 Å². The van der Waals surface area contributed by atoms with Crippen molar-refractivity contribution in [2.45, 2.75) is 13.0 Å². The van der Waals surface area contributed by atoms with Crippen LogP contribution in [0.15, 0.2) is 40.2 Å². The van der Waals surface area contributed by atoms with Crippen molar-refractivity contribution in [2.75, 3.05) is 0 Å². The van der Waals surface area contributed by atoms with Crippen LogP contribution in [0.25, 0.3) is 0 Å². The Balaban J connectivity index is 2.41. The van der Waals surface area contributed by atoms with E-state index in [1.807, 2.05) is 42.6 Å². The number of rotatable bonds is 2. The molecular formula is C12H11BrOS. The summed E-state index contributed by atoms with van der Waals surface area (Å²) in [6.45, 7) is 2.02. The Morgan fingerprint density at radius 2 is 2.00 bits per heavy atom. The molecule has 3 heteroatoms. The fourth-order valence-electron chi connectivity index (χ4n) is 1.50. The molecule has 0 aliphatic heterocycles. The maximum atomic E-state index is 10.2. The van der Waals surface area contributed by atoms with Crippen molar-refractivity contribution in [3.8, 4) is 0 Å². The molecule has 15 heavy (non-hydrogen) atoms. The SMILES string of the molecule is Cc1ccsc1C(O)c1ccccc1Br. The van der Waals surface area contributed by atoms with Gasteiger partial charge in [0.15, 0.2) is 0 Å². The Bertz CT molecular complexity index is 464. The molecule has 0 aliphatic rings. The van der Waals surface area contributed by atoms with Crippen LogP contribution in [0.3, 0.4) is 0 Å². The third-order valence-corrected chi connectivity index (χ3v) is 4.14. The zero-order valence-electron chi connectivity index (χ0n) is 8.27. The second-order valence-corrected chi connectivity index (χ2v) is 5.19. The third kappa shape index (κ3) is 2.14. The summed E-state index contributed by atoms with van der Waals surface area (Å²) >= 11 is 5.04. The number of aliphatic hydroxyl groups excluding tert-OH is 1. The highest BCUT2D eigenvalue weighted by Crippen LogP contribution is 2.32. The summed E-state index contributed by atoms with van der Waals surface area (Å²) in [5, 5.41) is 12.2. The molecule has 1 unspecified atom stereocenters. The van der Waals surface area contributed by atoms with Crippen molar-refractivity contribution in [1.29, 1.82) is 0 Å². The van der Waals surface area contributed by atoms with Gasteiger partial charge in [-0.3, -0.25) is 0 Å². The minimum absolute atomic E-state index is 0.527. The zero-order chi connectivity index (χ0) is 10.8. The van der Waals surface area contributed by atoms with E-state index in [1.54, 1.807) is 11.3 Å². The smallest absolute Gasteiger partial charge is 0.115 e. The van der Waals surface area contributed by atoms with Crippen LogP contribution in [0, 0.1) is 6.92 Å². The second kappa shape index (κ2) is 4.47. The van der Waals surface area contributed by atoms with E-state index < -0.39 is 6.10 Å². The first-order valence-corrected chi connectivity index (χ1v) is 6.34. The molecule has 1 N–H and O–H groups in total. The van der Waals surface area contributed by atoms with Gasteiger partial charge in [-0.1, -0.05) is 34.1 Å². The van der Waals surface area contributed by atoms with E-state index in [0.717, 1.165) is 20.5 Å². The Morgan fingerprint density at radius 1 is 1.27 bits per heavy atom. The molecule has 1 aromatic carbocycles. The van der Waals surface area contributed by atoms with Crippen LogP contribution in [0.4, 0.5) is 0 Å². The Hall–Kier alpha value is -0.640. The quantitative estimate of drug-likeness (QED) is 0.886. The molecule has 0 saturated carbocycles. The van der Waals surface area contributed by atoms with Crippen molar-refractivity contribution >= 4 is 27.3 Å². The normalized spacial score (nSPS) is 12.7. The number of hydrogen-bond donors (Lipinski definition) is 1. The maximum Gasteiger partial charge on any atom is 0.115 e. The third-order valence-electron chi connectivity index (χ3n) is 2.35. The second-order valence-electron chi connectivity index (χ2n) is 3.39. The van der Waals surface area contributed by atoms with Crippen LogP contribution in [0.5, 0.6) is 0 Å². The highest BCUT2D eigenvalue weighted by molar-refractivity contribution is 9.10. The summed E-state index contributed by atoms with van der Waals surface area (Å²) < 4.78 is 0.949. The lowest BCUT2D eigenvalue weighted by Gasteiger charge is -2.12. The van der Waals surface area contributed by atoms with Gasteiger partial charge in [0.05, 0.1) is 0 Å². The first-order valence-electron chi connectivity index (χ1n) is 4.66. The van der Waals surface area contributed by atoms with Crippen molar-refractivity contribution in [1.82, 2.24) is 0 Å². The van der Waals surface area contributed by atoms with E-state index in [-0.39, 0.29) is 0 Å². The van der Waals surface area contributed by atoms with E-state index in [0.29, 0.717) is 0 Å². The Labute approximate surface area is 102 Å². The van der Waals surface area contributed by atoms with Gasteiger partial charge in [-0.25, -0.2) is 0 Å². The monoisotopic (exact) mass is 282 g/mol. The highest BCUT2D eigenvalue weighted by Gasteiger charge is 2.16. The van der Waals surface area contributed by atoms with Crippen LogP contribution in [0.2, 0.25) is 0 Å². The molecule has 0 fully saturated rings. The van der Waals surface area contributed by atoms with Crippen LogP contribution in [-0.4, -0.2) is 5.11 Å². The predicted octanol–water partition coefficient (Wildman–Crippen LogP) is 3.90. The van der Waals surface area contributed by atoms with E-state index in [2.05, 4.69) is 15.9 Å². The lowest BCUT2D eigenvalue weighted by molar-refractivity contribution is 0.222. The van der Waals surface area contributed by atoms with Crippen molar-refractivity contribution in [3.05, 3.63) is 56.2 Å². The van der Waals surface area contributed by atoms with Gasteiger partial charge in [0.2, 0.25) is 0 Å². The lowest BCUT2D eigenvalue weighted by atomic mass is 10.1. The molecular weight excluding hydrogens is 272 g/mol.